The predicted molar refractivity (Wildman–Crippen MR) is 84.6 cm³/mol. The number of carboxylic acids is 1. The van der Waals surface area contributed by atoms with Gasteiger partial charge in [-0.25, -0.2) is 0 Å². The van der Waals surface area contributed by atoms with Gasteiger partial charge in [0.1, 0.15) is 0 Å². The Morgan fingerprint density at radius 3 is 2.05 bits per heavy atom. The molecule has 1 aliphatic heterocycles. The zero-order valence-electron chi connectivity index (χ0n) is 13.2. The predicted octanol–water partition coefficient (Wildman–Crippen LogP) is 2.57. The highest BCUT2D eigenvalue weighted by atomic mass is 16.4. The number of carboxylic acid groups (broad SMARTS) is 1. The number of aliphatic carboxylic acids is 1. The van der Waals surface area contributed by atoms with Crippen LogP contribution in [0, 0.1) is 0 Å². The van der Waals surface area contributed by atoms with Gasteiger partial charge in [-0.15, -0.1) is 0 Å². The molecule has 0 bridgehead atoms. The van der Waals surface area contributed by atoms with Crippen molar-refractivity contribution >= 4 is 5.97 Å². The van der Waals surface area contributed by atoms with E-state index in [1.165, 1.54) is 11.1 Å². The minimum absolute atomic E-state index is 0.158. The summed E-state index contributed by atoms with van der Waals surface area (Å²) in [7, 11) is 0. The van der Waals surface area contributed by atoms with Crippen LogP contribution in [0.4, 0.5) is 0 Å². The van der Waals surface area contributed by atoms with Crippen molar-refractivity contribution in [2.75, 3.05) is 32.7 Å². The summed E-state index contributed by atoms with van der Waals surface area (Å²) >= 11 is 0. The van der Waals surface area contributed by atoms with Crippen molar-refractivity contribution < 1.29 is 9.90 Å². The average molecular weight is 290 g/mol. The molecular formula is C17H26N2O2. The molecule has 1 saturated heterocycles. The quantitative estimate of drug-likeness (QED) is 0.905. The number of hydrogen-bond donors (Lipinski definition) is 1. The van der Waals surface area contributed by atoms with Gasteiger partial charge in [-0.3, -0.25) is 14.6 Å². The van der Waals surface area contributed by atoms with Gasteiger partial charge in [0.15, 0.2) is 0 Å². The molecule has 21 heavy (non-hydrogen) atoms. The molecule has 4 nitrogen and oxygen atoms in total. The molecule has 1 unspecified atom stereocenters. The zero-order chi connectivity index (χ0) is 15.4. The number of carbonyl (C=O) groups is 1. The lowest BCUT2D eigenvalue weighted by Crippen LogP contribution is -2.48. The second kappa shape index (κ2) is 7.05. The van der Waals surface area contributed by atoms with Gasteiger partial charge in [0.25, 0.3) is 0 Å². The highest BCUT2D eigenvalue weighted by Crippen LogP contribution is 2.23. The summed E-state index contributed by atoms with van der Waals surface area (Å²) in [5.41, 5.74) is 2.71. The topological polar surface area (TPSA) is 43.8 Å². The molecule has 0 spiro atoms. The third-order valence-electron chi connectivity index (χ3n) is 4.40. The molecule has 1 aliphatic rings. The molecular weight excluding hydrogens is 264 g/mol. The van der Waals surface area contributed by atoms with Crippen LogP contribution in [0.25, 0.3) is 0 Å². The van der Waals surface area contributed by atoms with E-state index in [9.17, 15) is 4.79 Å². The Kier molecular flexibility index (Phi) is 5.37. The van der Waals surface area contributed by atoms with Crippen molar-refractivity contribution in [1.29, 1.82) is 0 Å². The zero-order valence-corrected chi connectivity index (χ0v) is 13.2. The van der Waals surface area contributed by atoms with E-state index >= 15 is 0 Å². The van der Waals surface area contributed by atoms with E-state index in [1.54, 1.807) is 0 Å². The molecule has 0 saturated carbocycles. The van der Waals surface area contributed by atoms with Crippen molar-refractivity contribution in [2.45, 2.75) is 32.7 Å². The maximum atomic E-state index is 10.7. The van der Waals surface area contributed by atoms with E-state index in [0.29, 0.717) is 12.0 Å². The standard InChI is InChI=1S/C17H26N2O2/c1-13(2)15-4-6-16(7-5-15)14(3)19-10-8-18(9-11-19)12-17(20)21/h4-7,13-14H,8-12H2,1-3H3,(H,20,21). The average Bonchev–Trinajstić information content (AvgIpc) is 2.47. The molecule has 0 aliphatic carbocycles. The number of nitrogens with zero attached hydrogens (tertiary/aromatic N) is 2. The van der Waals surface area contributed by atoms with Gasteiger partial charge in [-0.1, -0.05) is 38.1 Å². The Morgan fingerprint density at radius 1 is 1.05 bits per heavy atom. The van der Waals surface area contributed by atoms with Crippen LogP contribution in [0.5, 0.6) is 0 Å². The van der Waals surface area contributed by atoms with E-state index in [2.05, 4.69) is 49.9 Å². The van der Waals surface area contributed by atoms with Crippen molar-refractivity contribution in [3.05, 3.63) is 35.4 Å². The number of hydrogen-bond acceptors (Lipinski definition) is 3. The fraction of sp³-hybridized carbons (Fsp3) is 0.588. The van der Waals surface area contributed by atoms with Crippen LogP contribution in [0.15, 0.2) is 24.3 Å². The lowest BCUT2D eigenvalue weighted by molar-refractivity contribution is -0.138. The normalized spacial score (nSPS) is 18.9. The summed E-state index contributed by atoms with van der Waals surface area (Å²) in [6.45, 7) is 10.3. The molecule has 1 heterocycles. The summed E-state index contributed by atoms with van der Waals surface area (Å²) in [4.78, 5) is 15.2. The first-order valence-electron chi connectivity index (χ1n) is 7.75. The largest absolute Gasteiger partial charge is 0.480 e. The summed E-state index contributed by atoms with van der Waals surface area (Å²) in [6, 6.07) is 9.28. The van der Waals surface area contributed by atoms with Crippen molar-refractivity contribution in [1.82, 2.24) is 9.80 Å². The van der Waals surface area contributed by atoms with E-state index in [4.69, 9.17) is 5.11 Å². The second-order valence-electron chi connectivity index (χ2n) is 6.20. The molecule has 1 fully saturated rings. The minimum Gasteiger partial charge on any atom is -0.480 e. The van der Waals surface area contributed by atoms with Crippen LogP contribution in [0.2, 0.25) is 0 Å². The van der Waals surface area contributed by atoms with E-state index < -0.39 is 5.97 Å². The molecule has 0 aromatic heterocycles. The molecule has 1 atom stereocenters. The van der Waals surface area contributed by atoms with Gasteiger partial charge < -0.3 is 5.11 Å². The fourth-order valence-electron chi connectivity index (χ4n) is 2.87. The van der Waals surface area contributed by atoms with Gasteiger partial charge in [0.2, 0.25) is 0 Å². The Labute approximate surface area is 127 Å². The Hall–Kier alpha value is -1.39. The monoisotopic (exact) mass is 290 g/mol. The number of piperazine rings is 1. The van der Waals surface area contributed by atoms with Crippen LogP contribution in [-0.4, -0.2) is 53.6 Å². The second-order valence-corrected chi connectivity index (χ2v) is 6.20. The third-order valence-corrected chi connectivity index (χ3v) is 4.40. The van der Waals surface area contributed by atoms with E-state index in [-0.39, 0.29) is 6.54 Å². The Balaban J connectivity index is 1.92. The van der Waals surface area contributed by atoms with Crippen molar-refractivity contribution in [3.8, 4) is 0 Å². The molecule has 2 rings (SSSR count). The first-order valence-corrected chi connectivity index (χ1v) is 7.75. The maximum Gasteiger partial charge on any atom is 0.317 e. The minimum atomic E-state index is -0.735. The van der Waals surface area contributed by atoms with E-state index in [0.717, 1.165) is 26.2 Å². The van der Waals surface area contributed by atoms with Crippen LogP contribution in [0.1, 0.15) is 43.9 Å². The first kappa shape index (κ1) is 16.0. The molecule has 116 valence electrons. The van der Waals surface area contributed by atoms with Crippen molar-refractivity contribution in [2.24, 2.45) is 0 Å². The number of benzene rings is 1. The highest BCUT2D eigenvalue weighted by Gasteiger charge is 2.23. The van der Waals surface area contributed by atoms with Crippen LogP contribution >= 0.6 is 0 Å². The Bertz CT molecular complexity index is 462. The fourth-order valence-corrected chi connectivity index (χ4v) is 2.87. The first-order chi connectivity index (χ1) is 9.97. The van der Waals surface area contributed by atoms with Crippen molar-refractivity contribution in [3.63, 3.8) is 0 Å². The molecule has 1 aromatic carbocycles. The molecule has 0 amide bonds. The van der Waals surface area contributed by atoms with Gasteiger partial charge >= 0.3 is 5.97 Å². The van der Waals surface area contributed by atoms with Gasteiger partial charge in [-0.2, -0.15) is 0 Å². The molecule has 0 radical (unpaired) electrons. The van der Waals surface area contributed by atoms with Gasteiger partial charge in [-0.05, 0) is 24.0 Å². The van der Waals surface area contributed by atoms with Gasteiger partial charge in [0.05, 0.1) is 6.54 Å². The summed E-state index contributed by atoms with van der Waals surface area (Å²) in [5.74, 6) is -0.172. The maximum absolute atomic E-state index is 10.7. The number of rotatable bonds is 5. The molecule has 4 heteroatoms. The van der Waals surface area contributed by atoms with Crippen LogP contribution in [-0.2, 0) is 4.79 Å². The van der Waals surface area contributed by atoms with Gasteiger partial charge in [0, 0.05) is 32.2 Å². The van der Waals surface area contributed by atoms with Crippen LogP contribution in [0.3, 0.4) is 0 Å². The summed E-state index contributed by atoms with van der Waals surface area (Å²) in [6.07, 6.45) is 0. The molecule has 1 N–H and O–H groups in total. The summed E-state index contributed by atoms with van der Waals surface area (Å²) < 4.78 is 0. The van der Waals surface area contributed by atoms with E-state index in [1.807, 2.05) is 4.90 Å². The summed E-state index contributed by atoms with van der Waals surface area (Å²) in [5, 5.41) is 8.83. The smallest absolute Gasteiger partial charge is 0.317 e. The Morgan fingerprint density at radius 2 is 1.57 bits per heavy atom. The molecule has 1 aromatic rings. The lowest BCUT2D eigenvalue weighted by atomic mass is 9.99. The SMILES string of the molecule is CC(C)c1ccc(C(C)N2CCN(CC(=O)O)CC2)cc1. The lowest BCUT2D eigenvalue weighted by Gasteiger charge is -2.37. The third kappa shape index (κ3) is 4.29. The van der Waals surface area contributed by atoms with Crippen LogP contribution < -0.4 is 0 Å². The highest BCUT2D eigenvalue weighted by molar-refractivity contribution is 5.69.